The molecule has 2 aromatic heterocycles. The van der Waals surface area contributed by atoms with E-state index in [1.807, 2.05) is 6.92 Å². The van der Waals surface area contributed by atoms with Crippen molar-refractivity contribution in [2.75, 3.05) is 7.05 Å². The summed E-state index contributed by atoms with van der Waals surface area (Å²) in [5.74, 6) is -1.47. The molecule has 0 unspecified atom stereocenters. The van der Waals surface area contributed by atoms with Gasteiger partial charge in [0.2, 0.25) is 0 Å². The summed E-state index contributed by atoms with van der Waals surface area (Å²) in [4.78, 5) is 29.2. The van der Waals surface area contributed by atoms with E-state index in [9.17, 15) is 9.59 Å². The number of hydrogen-bond acceptors (Lipinski definition) is 5. The third-order valence-corrected chi connectivity index (χ3v) is 3.36. The first kappa shape index (κ1) is 13.3. The van der Waals surface area contributed by atoms with Crippen LogP contribution in [0.1, 0.15) is 30.8 Å². The number of thiazole rings is 1. The molecule has 0 aliphatic heterocycles. The molecule has 0 spiro atoms. The summed E-state index contributed by atoms with van der Waals surface area (Å²) in [7, 11) is 1.63. The van der Waals surface area contributed by atoms with Crippen molar-refractivity contribution in [1.82, 2.24) is 9.88 Å². The number of hydrogen-bond donors (Lipinski definition) is 1. The molecule has 0 aromatic carbocycles. The van der Waals surface area contributed by atoms with Crippen LogP contribution in [0.3, 0.4) is 0 Å². The Morgan fingerprint density at radius 1 is 1.53 bits per heavy atom. The number of aromatic nitrogens is 1. The first-order valence-corrected chi connectivity index (χ1v) is 6.27. The van der Waals surface area contributed by atoms with Gasteiger partial charge in [-0.15, -0.1) is 11.3 Å². The number of carboxylic acids is 1. The fourth-order valence-corrected chi connectivity index (χ4v) is 2.38. The molecule has 2 rings (SSSR count). The van der Waals surface area contributed by atoms with Gasteiger partial charge in [0.15, 0.2) is 5.76 Å². The van der Waals surface area contributed by atoms with Crippen molar-refractivity contribution in [3.05, 3.63) is 39.7 Å². The average Bonchev–Trinajstić information content (AvgIpc) is 2.97. The molecule has 0 bridgehead atoms. The normalized spacial score (nSPS) is 10.4. The summed E-state index contributed by atoms with van der Waals surface area (Å²) < 4.78 is 4.97. The fraction of sp³-hybridized carbons (Fsp3) is 0.250. The minimum Gasteiger partial charge on any atom is -0.478 e. The van der Waals surface area contributed by atoms with Crippen molar-refractivity contribution < 1.29 is 19.1 Å². The number of carbonyl (C=O) groups is 2. The van der Waals surface area contributed by atoms with Crippen molar-refractivity contribution in [2.24, 2.45) is 0 Å². The first-order chi connectivity index (χ1) is 8.97. The molecule has 100 valence electrons. The van der Waals surface area contributed by atoms with Crippen LogP contribution in [0.5, 0.6) is 0 Å². The number of furan rings is 1. The molecular weight excluding hydrogens is 268 g/mol. The number of carboxylic acid groups (broad SMARTS) is 1. The number of amides is 1. The lowest BCUT2D eigenvalue weighted by Crippen LogP contribution is -2.25. The monoisotopic (exact) mass is 280 g/mol. The third-order valence-electron chi connectivity index (χ3n) is 2.47. The van der Waals surface area contributed by atoms with Crippen LogP contribution in [0.4, 0.5) is 0 Å². The van der Waals surface area contributed by atoms with Crippen LogP contribution >= 0.6 is 11.3 Å². The van der Waals surface area contributed by atoms with Gasteiger partial charge in [0.1, 0.15) is 6.26 Å². The number of rotatable bonds is 4. The second-order valence-corrected chi connectivity index (χ2v) is 5.33. The second kappa shape index (κ2) is 5.23. The predicted molar refractivity (Wildman–Crippen MR) is 68.3 cm³/mol. The van der Waals surface area contributed by atoms with Gasteiger partial charge < -0.3 is 14.4 Å². The molecule has 1 amide bonds. The zero-order valence-corrected chi connectivity index (χ0v) is 11.2. The number of carbonyl (C=O) groups excluding carboxylic acids is 1. The number of nitrogens with zero attached hydrogens (tertiary/aromatic N) is 2. The van der Waals surface area contributed by atoms with Crippen LogP contribution < -0.4 is 0 Å². The van der Waals surface area contributed by atoms with E-state index in [4.69, 9.17) is 9.52 Å². The summed E-state index contributed by atoms with van der Waals surface area (Å²) in [5, 5.41) is 9.70. The molecule has 19 heavy (non-hydrogen) atoms. The van der Waals surface area contributed by atoms with Gasteiger partial charge in [0.05, 0.1) is 17.1 Å². The van der Waals surface area contributed by atoms with Crippen molar-refractivity contribution in [1.29, 1.82) is 0 Å². The third kappa shape index (κ3) is 3.00. The van der Waals surface area contributed by atoms with Gasteiger partial charge in [0.25, 0.3) is 5.91 Å². The van der Waals surface area contributed by atoms with Gasteiger partial charge in [-0.1, -0.05) is 0 Å². The Morgan fingerprint density at radius 2 is 2.26 bits per heavy atom. The lowest BCUT2D eigenvalue weighted by atomic mass is 10.3. The molecule has 2 aromatic rings. The molecule has 7 heteroatoms. The van der Waals surface area contributed by atoms with E-state index in [1.165, 1.54) is 22.3 Å². The van der Waals surface area contributed by atoms with Crippen molar-refractivity contribution in [3.8, 4) is 0 Å². The second-order valence-electron chi connectivity index (χ2n) is 4.01. The maximum absolute atomic E-state index is 12.0. The van der Waals surface area contributed by atoms with Gasteiger partial charge in [-0.25, -0.2) is 9.78 Å². The Hall–Kier alpha value is -2.15. The molecule has 0 atom stereocenters. The summed E-state index contributed by atoms with van der Waals surface area (Å²) >= 11 is 1.51. The Morgan fingerprint density at radius 3 is 2.79 bits per heavy atom. The predicted octanol–water partition coefficient (Wildman–Crippen LogP) is 2.01. The Kier molecular flexibility index (Phi) is 3.66. The van der Waals surface area contributed by atoms with Gasteiger partial charge in [-0.05, 0) is 6.92 Å². The van der Waals surface area contributed by atoms with Gasteiger partial charge in [-0.3, -0.25) is 4.79 Å². The van der Waals surface area contributed by atoms with E-state index < -0.39 is 5.97 Å². The van der Waals surface area contributed by atoms with Crippen LogP contribution in [-0.2, 0) is 6.54 Å². The van der Waals surface area contributed by atoms with Crippen LogP contribution in [0.25, 0.3) is 0 Å². The zero-order chi connectivity index (χ0) is 14.0. The van der Waals surface area contributed by atoms with Gasteiger partial charge in [-0.2, -0.15) is 0 Å². The Labute approximate surface area is 113 Å². The van der Waals surface area contributed by atoms with Gasteiger partial charge >= 0.3 is 5.97 Å². The average molecular weight is 280 g/mol. The SMILES string of the molecule is Cc1ncc(CN(C)C(=O)c2cc(C(=O)O)co2)s1. The van der Waals surface area contributed by atoms with Crippen LogP contribution in [0.15, 0.2) is 22.9 Å². The highest BCUT2D eigenvalue weighted by molar-refractivity contribution is 7.11. The van der Waals surface area contributed by atoms with Crippen LogP contribution in [0, 0.1) is 6.92 Å². The highest BCUT2D eigenvalue weighted by atomic mass is 32.1. The largest absolute Gasteiger partial charge is 0.478 e. The summed E-state index contributed by atoms with van der Waals surface area (Å²) in [5.41, 5.74) is -0.0367. The molecule has 6 nitrogen and oxygen atoms in total. The van der Waals surface area contributed by atoms with Crippen molar-refractivity contribution in [3.63, 3.8) is 0 Å². The van der Waals surface area contributed by atoms with E-state index in [-0.39, 0.29) is 17.2 Å². The molecule has 0 saturated heterocycles. The van der Waals surface area contributed by atoms with E-state index in [0.717, 1.165) is 16.1 Å². The van der Waals surface area contributed by atoms with Crippen molar-refractivity contribution >= 4 is 23.2 Å². The minimum absolute atomic E-state index is 0.0149. The minimum atomic E-state index is -1.12. The molecule has 0 saturated carbocycles. The summed E-state index contributed by atoms with van der Waals surface area (Å²) in [6.07, 6.45) is 2.77. The van der Waals surface area contributed by atoms with E-state index in [2.05, 4.69) is 4.98 Å². The van der Waals surface area contributed by atoms with Gasteiger partial charge in [0, 0.05) is 24.2 Å². The lowest BCUT2D eigenvalue weighted by Gasteiger charge is -2.13. The van der Waals surface area contributed by atoms with Crippen LogP contribution in [0.2, 0.25) is 0 Å². The maximum Gasteiger partial charge on any atom is 0.338 e. The molecule has 0 radical (unpaired) electrons. The summed E-state index contributed by atoms with van der Waals surface area (Å²) in [6.45, 7) is 2.30. The van der Waals surface area contributed by atoms with Crippen molar-refractivity contribution in [2.45, 2.75) is 13.5 Å². The Balaban J connectivity index is 2.07. The topological polar surface area (TPSA) is 83.6 Å². The fourth-order valence-electron chi connectivity index (χ4n) is 1.53. The highest BCUT2D eigenvalue weighted by Gasteiger charge is 2.18. The first-order valence-electron chi connectivity index (χ1n) is 5.46. The molecule has 0 aliphatic rings. The maximum atomic E-state index is 12.0. The standard InChI is InChI=1S/C12H12N2O4S/c1-7-13-4-9(19-7)5-14(2)11(15)10-3-8(6-18-10)12(16)17/h3-4,6H,5H2,1-2H3,(H,16,17). The molecule has 2 heterocycles. The molecule has 0 aliphatic carbocycles. The summed E-state index contributed by atoms with van der Waals surface area (Å²) in [6, 6.07) is 1.22. The van der Waals surface area contributed by atoms with E-state index in [1.54, 1.807) is 13.2 Å². The van der Waals surface area contributed by atoms with E-state index >= 15 is 0 Å². The quantitative estimate of drug-likeness (QED) is 0.926. The van der Waals surface area contributed by atoms with Crippen LogP contribution in [-0.4, -0.2) is 33.9 Å². The lowest BCUT2D eigenvalue weighted by molar-refractivity contribution is 0.0695. The number of aromatic carboxylic acids is 1. The molecular formula is C12H12N2O4S. The smallest absolute Gasteiger partial charge is 0.338 e. The van der Waals surface area contributed by atoms with E-state index in [0.29, 0.717) is 6.54 Å². The molecule has 1 N–H and O–H groups in total. The molecule has 0 fully saturated rings. The number of aryl methyl sites for hydroxylation is 1. The zero-order valence-electron chi connectivity index (χ0n) is 10.4. The highest BCUT2D eigenvalue weighted by Crippen LogP contribution is 2.16. The Bertz CT molecular complexity index is 617.